The van der Waals surface area contributed by atoms with E-state index in [0.717, 1.165) is 19.1 Å². The third kappa shape index (κ3) is 2.05. The smallest absolute Gasteiger partial charge is 0.0471 e. The molecule has 0 saturated carbocycles. The van der Waals surface area contributed by atoms with Gasteiger partial charge in [0.25, 0.3) is 0 Å². The molecule has 2 saturated heterocycles. The van der Waals surface area contributed by atoms with Crippen LogP contribution < -0.4 is 5.32 Å². The lowest BCUT2D eigenvalue weighted by atomic mass is 9.68. The number of rotatable bonds is 1. The summed E-state index contributed by atoms with van der Waals surface area (Å²) in [6, 6.07) is 0. The fourth-order valence-corrected chi connectivity index (χ4v) is 2.76. The molecule has 0 spiro atoms. The highest BCUT2D eigenvalue weighted by Gasteiger charge is 2.35. The Morgan fingerprint density at radius 2 is 1.77 bits per heavy atom. The number of ether oxygens (including phenoxy) is 1. The van der Waals surface area contributed by atoms with Crippen LogP contribution >= 0.6 is 0 Å². The summed E-state index contributed by atoms with van der Waals surface area (Å²) in [5, 5.41) is 3.44. The Hall–Kier alpha value is -0.0800. The first-order chi connectivity index (χ1) is 6.31. The van der Waals surface area contributed by atoms with Crippen LogP contribution in [0.5, 0.6) is 0 Å². The Labute approximate surface area is 81.0 Å². The zero-order valence-corrected chi connectivity index (χ0v) is 8.64. The standard InChI is InChI=1S/C11H21NO/c1-11(4-8-13-9-5-11)10-2-6-12-7-3-10/h10,12H,2-9H2,1H3. The molecule has 2 heterocycles. The first-order valence-electron chi connectivity index (χ1n) is 5.60. The molecule has 2 aliphatic heterocycles. The summed E-state index contributed by atoms with van der Waals surface area (Å²) in [6.45, 7) is 6.88. The van der Waals surface area contributed by atoms with Crippen molar-refractivity contribution in [3.8, 4) is 0 Å². The molecule has 0 unspecified atom stereocenters. The Balaban J connectivity index is 1.94. The van der Waals surface area contributed by atoms with Gasteiger partial charge in [-0.2, -0.15) is 0 Å². The van der Waals surface area contributed by atoms with E-state index in [9.17, 15) is 0 Å². The Morgan fingerprint density at radius 3 is 2.38 bits per heavy atom. The van der Waals surface area contributed by atoms with Gasteiger partial charge in [0.1, 0.15) is 0 Å². The topological polar surface area (TPSA) is 21.3 Å². The van der Waals surface area contributed by atoms with Crippen LogP contribution in [0.15, 0.2) is 0 Å². The zero-order valence-electron chi connectivity index (χ0n) is 8.64. The number of hydrogen-bond donors (Lipinski definition) is 1. The second kappa shape index (κ2) is 3.97. The second-order valence-electron chi connectivity index (χ2n) is 4.79. The van der Waals surface area contributed by atoms with Crippen LogP contribution in [0.3, 0.4) is 0 Å². The summed E-state index contributed by atoms with van der Waals surface area (Å²) in [6.07, 6.45) is 5.29. The third-order valence-corrected chi connectivity index (χ3v) is 3.96. The maximum atomic E-state index is 5.44. The highest BCUT2D eigenvalue weighted by Crippen LogP contribution is 2.41. The van der Waals surface area contributed by atoms with Gasteiger partial charge in [-0.25, -0.2) is 0 Å². The molecule has 76 valence electrons. The van der Waals surface area contributed by atoms with Gasteiger partial charge in [-0.15, -0.1) is 0 Å². The summed E-state index contributed by atoms with van der Waals surface area (Å²) >= 11 is 0. The lowest BCUT2D eigenvalue weighted by Gasteiger charge is -2.42. The molecule has 0 aromatic heterocycles. The van der Waals surface area contributed by atoms with Gasteiger partial charge < -0.3 is 10.1 Å². The fraction of sp³-hybridized carbons (Fsp3) is 1.00. The van der Waals surface area contributed by atoms with Crippen LogP contribution in [0.1, 0.15) is 32.6 Å². The van der Waals surface area contributed by atoms with E-state index in [-0.39, 0.29) is 0 Å². The third-order valence-electron chi connectivity index (χ3n) is 3.96. The molecule has 2 aliphatic rings. The van der Waals surface area contributed by atoms with E-state index in [1.54, 1.807) is 0 Å². The molecular formula is C11H21NO. The van der Waals surface area contributed by atoms with E-state index in [4.69, 9.17) is 4.74 Å². The molecule has 0 radical (unpaired) electrons. The molecule has 1 N–H and O–H groups in total. The quantitative estimate of drug-likeness (QED) is 0.669. The molecular weight excluding hydrogens is 162 g/mol. The Morgan fingerprint density at radius 1 is 1.15 bits per heavy atom. The average Bonchev–Trinajstić information content (AvgIpc) is 2.20. The summed E-state index contributed by atoms with van der Waals surface area (Å²) in [5.74, 6) is 0.942. The molecule has 2 heteroatoms. The number of hydrogen-bond acceptors (Lipinski definition) is 2. The van der Waals surface area contributed by atoms with Crippen molar-refractivity contribution in [1.29, 1.82) is 0 Å². The van der Waals surface area contributed by atoms with Gasteiger partial charge in [0, 0.05) is 13.2 Å². The SMILES string of the molecule is CC1(C2CCNCC2)CCOCC1. The largest absolute Gasteiger partial charge is 0.381 e. The van der Waals surface area contributed by atoms with E-state index < -0.39 is 0 Å². The van der Waals surface area contributed by atoms with Crippen molar-refractivity contribution >= 4 is 0 Å². The molecule has 0 bridgehead atoms. The minimum atomic E-state index is 0.584. The van der Waals surface area contributed by atoms with Gasteiger partial charge in [0.15, 0.2) is 0 Å². The summed E-state index contributed by atoms with van der Waals surface area (Å²) in [7, 11) is 0. The van der Waals surface area contributed by atoms with E-state index >= 15 is 0 Å². The molecule has 0 aromatic rings. The normalized spacial score (nSPS) is 30.2. The Bertz CT molecular complexity index is 157. The van der Waals surface area contributed by atoms with Crippen LogP contribution in [-0.4, -0.2) is 26.3 Å². The van der Waals surface area contributed by atoms with Crippen LogP contribution in [-0.2, 0) is 4.74 Å². The summed E-state index contributed by atoms with van der Waals surface area (Å²) in [4.78, 5) is 0. The zero-order chi connectivity index (χ0) is 9.15. The van der Waals surface area contributed by atoms with Crippen molar-refractivity contribution in [2.24, 2.45) is 11.3 Å². The van der Waals surface area contributed by atoms with Crippen LogP contribution in [0.25, 0.3) is 0 Å². The van der Waals surface area contributed by atoms with Gasteiger partial charge in [0.05, 0.1) is 0 Å². The predicted octanol–water partition coefficient (Wildman–Crippen LogP) is 1.80. The maximum absolute atomic E-state index is 5.44. The van der Waals surface area contributed by atoms with Gasteiger partial charge in [-0.05, 0) is 50.1 Å². The molecule has 13 heavy (non-hydrogen) atoms. The van der Waals surface area contributed by atoms with Gasteiger partial charge >= 0.3 is 0 Å². The van der Waals surface area contributed by atoms with Gasteiger partial charge in [-0.3, -0.25) is 0 Å². The molecule has 2 nitrogen and oxygen atoms in total. The van der Waals surface area contributed by atoms with E-state index in [2.05, 4.69) is 12.2 Å². The van der Waals surface area contributed by atoms with Crippen molar-refractivity contribution in [2.45, 2.75) is 32.6 Å². The van der Waals surface area contributed by atoms with Crippen molar-refractivity contribution < 1.29 is 4.74 Å². The lowest BCUT2D eigenvalue weighted by molar-refractivity contribution is -0.0155. The molecule has 0 aromatic carbocycles. The second-order valence-corrected chi connectivity index (χ2v) is 4.79. The molecule has 0 aliphatic carbocycles. The minimum Gasteiger partial charge on any atom is -0.381 e. The van der Waals surface area contributed by atoms with Crippen LogP contribution in [0.2, 0.25) is 0 Å². The Kier molecular flexibility index (Phi) is 2.89. The van der Waals surface area contributed by atoms with Gasteiger partial charge in [-0.1, -0.05) is 6.92 Å². The van der Waals surface area contributed by atoms with Crippen molar-refractivity contribution in [3.05, 3.63) is 0 Å². The van der Waals surface area contributed by atoms with E-state index in [1.165, 1.54) is 38.8 Å². The summed E-state index contributed by atoms with van der Waals surface area (Å²) in [5.41, 5.74) is 0.584. The van der Waals surface area contributed by atoms with Crippen molar-refractivity contribution in [1.82, 2.24) is 5.32 Å². The molecule has 0 atom stereocenters. The fourth-order valence-electron chi connectivity index (χ4n) is 2.76. The van der Waals surface area contributed by atoms with E-state index in [0.29, 0.717) is 5.41 Å². The predicted molar refractivity (Wildman–Crippen MR) is 53.8 cm³/mol. The first kappa shape index (κ1) is 9.47. The van der Waals surface area contributed by atoms with Crippen LogP contribution in [0.4, 0.5) is 0 Å². The minimum absolute atomic E-state index is 0.584. The van der Waals surface area contributed by atoms with Gasteiger partial charge in [0.2, 0.25) is 0 Å². The first-order valence-corrected chi connectivity index (χ1v) is 5.60. The maximum Gasteiger partial charge on any atom is 0.0471 e. The lowest BCUT2D eigenvalue weighted by Crippen LogP contribution is -2.40. The molecule has 2 fully saturated rings. The monoisotopic (exact) mass is 183 g/mol. The van der Waals surface area contributed by atoms with Crippen LogP contribution in [0, 0.1) is 11.3 Å². The van der Waals surface area contributed by atoms with Crippen molar-refractivity contribution in [3.63, 3.8) is 0 Å². The highest BCUT2D eigenvalue weighted by atomic mass is 16.5. The number of piperidine rings is 1. The summed E-state index contributed by atoms with van der Waals surface area (Å²) < 4.78 is 5.44. The van der Waals surface area contributed by atoms with Crippen molar-refractivity contribution in [2.75, 3.05) is 26.3 Å². The highest BCUT2D eigenvalue weighted by molar-refractivity contribution is 4.87. The van der Waals surface area contributed by atoms with E-state index in [1.807, 2.05) is 0 Å². The number of nitrogens with one attached hydrogen (secondary N) is 1. The molecule has 0 amide bonds. The molecule has 2 rings (SSSR count). The average molecular weight is 183 g/mol.